The second kappa shape index (κ2) is 6.10. The number of benzene rings is 2. The minimum absolute atomic E-state index is 0.0219. The predicted molar refractivity (Wildman–Crippen MR) is 91.9 cm³/mol. The van der Waals surface area contributed by atoms with Crippen LogP contribution in [0.2, 0.25) is 0 Å². The molecule has 2 aromatic rings. The lowest BCUT2D eigenvalue weighted by atomic mass is 9.67. The second-order valence-corrected chi connectivity index (χ2v) is 6.99. The molecule has 1 aliphatic carbocycles. The third-order valence-corrected chi connectivity index (χ3v) is 5.76. The van der Waals surface area contributed by atoms with Crippen LogP contribution in [0.3, 0.4) is 0 Å². The summed E-state index contributed by atoms with van der Waals surface area (Å²) in [6.07, 6.45) is 3.00. The molecule has 2 aliphatic rings. The van der Waals surface area contributed by atoms with Gasteiger partial charge in [0.2, 0.25) is 0 Å². The Bertz CT molecular complexity index is 630. The summed E-state index contributed by atoms with van der Waals surface area (Å²) in [4.78, 5) is 13.0. The Kier molecular flexibility index (Phi) is 3.96. The van der Waals surface area contributed by atoms with Crippen LogP contribution < -0.4 is 0 Å². The van der Waals surface area contributed by atoms with Gasteiger partial charge < -0.3 is 0 Å². The molecule has 0 radical (unpaired) electrons. The Hall–Kier alpha value is -1.64. The standard InChI is InChI=1S/C20H20ClNO/c21-22-18(14-8-3-1-4-9-14)16-12-7-13-17(20(16)23)19(22)15-10-5-2-6-11-15/h1-6,8-11,16-19H,7,12-13H2. The number of hydrogen-bond acceptors (Lipinski definition) is 2. The van der Waals surface area contributed by atoms with Crippen LogP contribution in [0.25, 0.3) is 0 Å². The van der Waals surface area contributed by atoms with Crippen LogP contribution in [0.15, 0.2) is 60.7 Å². The highest BCUT2D eigenvalue weighted by Crippen LogP contribution is 2.52. The molecule has 4 rings (SSSR count). The van der Waals surface area contributed by atoms with E-state index in [4.69, 9.17) is 11.8 Å². The summed E-state index contributed by atoms with van der Waals surface area (Å²) < 4.78 is 1.93. The fourth-order valence-corrected chi connectivity index (χ4v) is 4.81. The van der Waals surface area contributed by atoms with E-state index >= 15 is 0 Å². The number of carbonyl (C=O) groups excluding carboxylic acids is 1. The highest BCUT2D eigenvalue weighted by Gasteiger charge is 2.50. The topological polar surface area (TPSA) is 20.3 Å². The van der Waals surface area contributed by atoms with Gasteiger partial charge in [0.1, 0.15) is 5.78 Å². The van der Waals surface area contributed by atoms with Crippen molar-refractivity contribution in [2.75, 3.05) is 0 Å². The Balaban J connectivity index is 1.79. The van der Waals surface area contributed by atoms with E-state index in [9.17, 15) is 4.79 Å². The molecule has 118 valence electrons. The number of piperidine rings is 1. The summed E-state index contributed by atoms with van der Waals surface area (Å²) in [7, 11) is 0. The molecule has 0 spiro atoms. The molecule has 4 unspecified atom stereocenters. The van der Waals surface area contributed by atoms with Crippen molar-refractivity contribution >= 4 is 17.6 Å². The molecule has 0 N–H and O–H groups in total. The number of rotatable bonds is 2. The van der Waals surface area contributed by atoms with Gasteiger partial charge in [-0.05, 0) is 35.7 Å². The van der Waals surface area contributed by atoms with E-state index in [-0.39, 0.29) is 23.9 Å². The normalized spacial score (nSPS) is 31.1. The number of nitrogens with zero attached hydrogens (tertiary/aromatic N) is 1. The highest BCUT2D eigenvalue weighted by molar-refractivity contribution is 6.14. The summed E-state index contributed by atoms with van der Waals surface area (Å²) in [5.74, 6) is 0.443. The van der Waals surface area contributed by atoms with E-state index in [0.717, 1.165) is 30.4 Å². The Labute approximate surface area is 142 Å². The fraction of sp³-hybridized carbons (Fsp3) is 0.350. The first-order chi connectivity index (χ1) is 11.3. The van der Waals surface area contributed by atoms with Crippen LogP contribution in [-0.4, -0.2) is 10.2 Å². The van der Waals surface area contributed by atoms with E-state index in [1.54, 1.807) is 0 Å². The molecule has 2 aromatic carbocycles. The number of carbonyl (C=O) groups is 1. The zero-order valence-corrected chi connectivity index (χ0v) is 13.7. The Morgan fingerprint density at radius 2 is 1.22 bits per heavy atom. The molecule has 1 saturated heterocycles. The second-order valence-electron chi connectivity index (χ2n) is 6.60. The summed E-state index contributed by atoms with van der Waals surface area (Å²) in [5, 5.41) is 0. The smallest absolute Gasteiger partial charge is 0.142 e. The van der Waals surface area contributed by atoms with Gasteiger partial charge in [-0.1, -0.05) is 67.1 Å². The average Bonchev–Trinajstić information content (AvgIpc) is 2.59. The van der Waals surface area contributed by atoms with E-state index in [1.807, 2.05) is 40.8 Å². The molecule has 0 amide bonds. The SMILES string of the molecule is O=C1C2CCCC1C(c1ccccc1)N(Cl)C2c1ccccc1. The monoisotopic (exact) mass is 325 g/mol. The van der Waals surface area contributed by atoms with Gasteiger partial charge in [0.25, 0.3) is 0 Å². The highest BCUT2D eigenvalue weighted by atomic mass is 35.5. The van der Waals surface area contributed by atoms with Gasteiger partial charge in [-0.3, -0.25) is 4.79 Å². The zero-order valence-electron chi connectivity index (χ0n) is 12.9. The van der Waals surface area contributed by atoms with Crippen molar-refractivity contribution in [2.45, 2.75) is 31.3 Å². The zero-order chi connectivity index (χ0) is 15.8. The third kappa shape index (κ3) is 2.50. The maximum absolute atomic E-state index is 13.0. The first-order valence-corrected chi connectivity index (χ1v) is 8.69. The van der Waals surface area contributed by atoms with Gasteiger partial charge in [-0.25, -0.2) is 4.42 Å². The molecule has 2 bridgehead atoms. The molecule has 1 aliphatic heterocycles. The summed E-state index contributed by atoms with van der Waals surface area (Å²) in [6.45, 7) is 0. The third-order valence-electron chi connectivity index (χ3n) is 5.34. The molecule has 3 heteroatoms. The van der Waals surface area contributed by atoms with Crippen molar-refractivity contribution < 1.29 is 4.79 Å². The van der Waals surface area contributed by atoms with Crippen LogP contribution in [0.4, 0.5) is 0 Å². The number of ketones is 1. The fourth-order valence-electron chi connectivity index (χ4n) is 4.31. The molecular weight excluding hydrogens is 306 g/mol. The van der Waals surface area contributed by atoms with Crippen molar-refractivity contribution in [1.29, 1.82) is 0 Å². The number of fused-ring (bicyclic) bond motifs is 2. The largest absolute Gasteiger partial charge is 0.299 e. The van der Waals surface area contributed by atoms with Crippen LogP contribution in [0.1, 0.15) is 42.5 Å². The quantitative estimate of drug-likeness (QED) is 0.730. The average molecular weight is 326 g/mol. The number of hydrogen-bond donors (Lipinski definition) is 0. The lowest BCUT2D eigenvalue weighted by molar-refractivity contribution is -0.139. The molecular formula is C20H20ClNO. The van der Waals surface area contributed by atoms with Gasteiger partial charge in [-0.2, -0.15) is 0 Å². The van der Waals surface area contributed by atoms with Crippen molar-refractivity contribution in [1.82, 2.24) is 4.42 Å². The minimum Gasteiger partial charge on any atom is -0.299 e. The van der Waals surface area contributed by atoms with E-state index in [2.05, 4.69) is 24.3 Å². The Morgan fingerprint density at radius 3 is 1.65 bits per heavy atom. The summed E-state index contributed by atoms with van der Waals surface area (Å²) in [6, 6.07) is 20.4. The number of Topliss-reactive ketones (excluding diaryl/α,β-unsaturated/α-hetero) is 1. The molecule has 2 fully saturated rings. The molecule has 1 saturated carbocycles. The van der Waals surface area contributed by atoms with Gasteiger partial charge in [0.15, 0.2) is 0 Å². The number of halogens is 1. The van der Waals surface area contributed by atoms with Gasteiger partial charge in [0.05, 0.1) is 12.1 Å². The summed E-state index contributed by atoms with van der Waals surface area (Å²) in [5.41, 5.74) is 2.28. The van der Waals surface area contributed by atoms with E-state index in [0.29, 0.717) is 5.78 Å². The van der Waals surface area contributed by atoms with Gasteiger partial charge in [0, 0.05) is 11.8 Å². The lowest BCUT2D eigenvalue weighted by Crippen LogP contribution is -2.49. The Morgan fingerprint density at radius 1 is 0.783 bits per heavy atom. The molecule has 1 heterocycles. The van der Waals surface area contributed by atoms with E-state index in [1.165, 1.54) is 0 Å². The van der Waals surface area contributed by atoms with Crippen molar-refractivity contribution in [3.05, 3.63) is 71.8 Å². The van der Waals surface area contributed by atoms with Crippen molar-refractivity contribution in [2.24, 2.45) is 11.8 Å². The molecule has 0 aromatic heterocycles. The predicted octanol–water partition coefficient (Wildman–Crippen LogP) is 4.92. The van der Waals surface area contributed by atoms with Crippen molar-refractivity contribution in [3.63, 3.8) is 0 Å². The minimum atomic E-state index is -0.0351. The maximum atomic E-state index is 13.0. The van der Waals surface area contributed by atoms with Crippen LogP contribution in [0.5, 0.6) is 0 Å². The van der Waals surface area contributed by atoms with Crippen LogP contribution in [-0.2, 0) is 4.79 Å². The van der Waals surface area contributed by atoms with Gasteiger partial charge in [-0.15, -0.1) is 0 Å². The van der Waals surface area contributed by atoms with Gasteiger partial charge >= 0.3 is 0 Å². The molecule has 2 nitrogen and oxygen atoms in total. The lowest BCUT2D eigenvalue weighted by Gasteiger charge is -2.48. The first kappa shape index (κ1) is 14.9. The van der Waals surface area contributed by atoms with Crippen LogP contribution in [0, 0.1) is 11.8 Å². The summed E-state index contributed by atoms with van der Waals surface area (Å²) >= 11 is 6.87. The first-order valence-electron chi connectivity index (χ1n) is 8.35. The van der Waals surface area contributed by atoms with E-state index < -0.39 is 0 Å². The van der Waals surface area contributed by atoms with Crippen molar-refractivity contribution in [3.8, 4) is 0 Å². The van der Waals surface area contributed by atoms with Crippen LogP contribution >= 0.6 is 11.8 Å². The molecule has 23 heavy (non-hydrogen) atoms. The molecule has 4 atom stereocenters. The maximum Gasteiger partial charge on any atom is 0.142 e.